The summed E-state index contributed by atoms with van der Waals surface area (Å²) in [6, 6.07) is 28.9. The van der Waals surface area contributed by atoms with E-state index in [1.54, 1.807) is 30.3 Å². The molecule has 1 atom stereocenters. The Bertz CT molecular complexity index is 1750. The fourth-order valence-electron chi connectivity index (χ4n) is 5.21. The van der Waals surface area contributed by atoms with E-state index in [4.69, 9.17) is 9.47 Å². The number of sulfonamides is 1. The van der Waals surface area contributed by atoms with Crippen LogP contribution in [0.3, 0.4) is 0 Å². The van der Waals surface area contributed by atoms with Gasteiger partial charge in [-0.15, -0.1) is 0 Å². The zero-order chi connectivity index (χ0) is 34.0. The zero-order valence-electron chi connectivity index (χ0n) is 27.6. The number of benzene rings is 4. The molecule has 0 aliphatic heterocycles. The molecule has 1 N–H and O–H groups in total. The van der Waals surface area contributed by atoms with Gasteiger partial charge in [-0.2, -0.15) is 0 Å². The van der Waals surface area contributed by atoms with Gasteiger partial charge in [0.1, 0.15) is 24.1 Å². The van der Waals surface area contributed by atoms with E-state index >= 15 is 0 Å². The third-order valence-corrected chi connectivity index (χ3v) is 9.43. The first-order chi connectivity index (χ1) is 22.5. The highest BCUT2D eigenvalue weighted by atomic mass is 32.2. The standard InChI is InChI=1S/C37H43N3O6S/c1-27(2)24-38-37(42)34(22-29-14-8-6-9-15-29)39(25-30-16-12-13-28(3)21-30)36(41)26-40(47(43,44)32-17-10-7-11-18-32)33-23-31(45-4)19-20-35(33)46-5/h6-21,23,27,34H,22,24-26H2,1-5H3,(H,38,42)/t34-/m0/s1. The molecule has 4 aromatic carbocycles. The largest absolute Gasteiger partial charge is 0.497 e. The Hall–Kier alpha value is -4.83. The van der Waals surface area contributed by atoms with Crippen molar-refractivity contribution in [2.24, 2.45) is 5.92 Å². The molecule has 4 aromatic rings. The molecule has 9 nitrogen and oxygen atoms in total. The van der Waals surface area contributed by atoms with E-state index in [0.717, 1.165) is 21.0 Å². The van der Waals surface area contributed by atoms with Crippen LogP contribution in [-0.2, 0) is 32.6 Å². The first-order valence-electron chi connectivity index (χ1n) is 15.5. The topological polar surface area (TPSA) is 105 Å². The van der Waals surface area contributed by atoms with Gasteiger partial charge in [-0.3, -0.25) is 13.9 Å². The lowest BCUT2D eigenvalue weighted by Gasteiger charge is -2.34. The van der Waals surface area contributed by atoms with Gasteiger partial charge in [-0.1, -0.05) is 92.2 Å². The molecular weight excluding hydrogens is 614 g/mol. The Balaban J connectivity index is 1.85. The number of aryl methyl sites for hydroxylation is 1. The Labute approximate surface area is 278 Å². The highest BCUT2D eigenvalue weighted by Crippen LogP contribution is 2.36. The summed E-state index contributed by atoms with van der Waals surface area (Å²) in [4.78, 5) is 30.1. The van der Waals surface area contributed by atoms with Crippen LogP contribution in [0.1, 0.15) is 30.5 Å². The van der Waals surface area contributed by atoms with Crippen molar-refractivity contribution in [1.29, 1.82) is 0 Å². The molecule has 0 heterocycles. The molecular formula is C37H43N3O6S. The lowest BCUT2D eigenvalue weighted by molar-refractivity contribution is -0.140. The maximum absolute atomic E-state index is 14.7. The van der Waals surface area contributed by atoms with Gasteiger partial charge in [-0.05, 0) is 48.2 Å². The minimum atomic E-state index is -4.30. The van der Waals surface area contributed by atoms with Crippen LogP contribution in [0.15, 0.2) is 108 Å². The van der Waals surface area contributed by atoms with Crippen molar-refractivity contribution in [3.8, 4) is 11.5 Å². The Morgan fingerprint density at radius 2 is 1.47 bits per heavy atom. The molecule has 0 bridgehead atoms. The molecule has 0 aliphatic carbocycles. The lowest BCUT2D eigenvalue weighted by atomic mass is 10.0. The number of carbonyl (C=O) groups excluding carboxylic acids is 2. The number of rotatable bonds is 15. The maximum atomic E-state index is 14.7. The highest BCUT2D eigenvalue weighted by molar-refractivity contribution is 7.92. The summed E-state index contributed by atoms with van der Waals surface area (Å²) in [5.74, 6) is -0.0761. The Kier molecular flexibility index (Phi) is 12.0. The minimum absolute atomic E-state index is 0.00146. The van der Waals surface area contributed by atoms with Crippen molar-refractivity contribution in [2.75, 3.05) is 31.6 Å². The molecule has 248 valence electrons. The van der Waals surface area contributed by atoms with E-state index in [1.165, 1.54) is 37.3 Å². The van der Waals surface area contributed by atoms with Gasteiger partial charge in [0.05, 0.1) is 24.8 Å². The number of hydrogen-bond acceptors (Lipinski definition) is 6. The van der Waals surface area contributed by atoms with E-state index in [1.807, 2.05) is 75.4 Å². The molecule has 0 saturated heterocycles. The van der Waals surface area contributed by atoms with E-state index in [0.29, 0.717) is 12.3 Å². The summed E-state index contributed by atoms with van der Waals surface area (Å²) in [7, 11) is -1.39. The van der Waals surface area contributed by atoms with Crippen LogP contribution in [0.2, 0.25) is 0 Å². The maximum Gasteiger partial charge on any atom is 0.264 e. The second-order valence-electron chi connectivity index (χ2n) is 11.7. The predicted octanol–water partition coefficient (Wildman–Crippen LogP) is 5.62. The third-order valence-electron chi connectivity index (χ3n) is 7.66. The van der Waals surface area contributed by atoms with E-state index in [9.17, 15) is 18.0 Å². The second kappa shape index (κ2) is 16.1. The molecule has 0 unspecified atom stereocenters. The monoisotopic (exact) mass is 657 g/mol. The number of amides is 2. The molecule has 0 saturated carbocycles. The number of methoxy groups -OCH3 is 2. The van der Waals surface area contributed by atoms with Crippen LogP contribution >= 0.6 is 0 Å². The van der Waals surface area contributed by atoms with Gasteiger partial charge in [0, 0.05) is 25.6 Å². The SMILES string of the molecule is COc1ccc(OC)c(N(CC(=O)N(Cc2cccc(C)c2)[C@@H](Cc2ccccc2)C(=O)NCC(C)C)S(=O)(=O)c2ccccc2)c1. The number of nitrogens with one attached hydrogen (secondary N) is 1. The van der Waals surface area contributed by atoms with Crippen molar-refractivity contribution >= 4 is 27.5 Å². The summed E-state index contributed by atoms with van der Waals surface area (Å²) >= 11 is 0. The van der Waals surface area contributed by atoms with Crippen LogP contribution in [0, 0.1) is 12.8 Å². The fourth-order valence-corrected chi connectivity index (χ4v) is 6.65. The number of nitrogens with zero attached hydrogens (tertiary/aromatic N) is 2. The van der Waals surface area contributed by atoms with Crippen LogP contribution in [0.4, 0.5) is 5.69 Å². The van der Waals surface area contributed by atoms with Gasteiger partial charge in [-0.25, -0.2) is 8.42 Å². The molecule has 0 fully saturated rings. The zero-order valence-corrected chi connectivity index (χ0v) is 28.4. The predicted molar refractivity (Wildman–Crippen MR) is 184 cm³/mol. The average molecular weight is 658 g/mol. The first-order valence-corrected chi connectivity index (χ1v) is 16.9. The summed E-state index contributed by atoms with van der Waals surface area (Å²) in [6.45, 7) is 5.85. The number of hydrogen-bond donors (Lipinski definition) is 1. The Morgan fingerprint density at radius 3 is 2.09 bits per heavy atom. The van der Waals surface area contributed by atoms with Crippen molar-refractivity contribution in [3.05, 3.63) is 120 Å². The number of carbonyl (C=O) groups is 2. The molecule has 0 aliphatic rings. The molecule has 10 heteroatoms. The van der Waals surface area contributed by atoms with Gasteiger partial charge in [0.2, 0.25) is 11.8 Å². The minimum Gasteiger partial charge on any atom is -0.497 e. The quantitative estimate of drug-likeness (QED) is 0.178. The normalized spacial score (nSPS) is 11.9. The summed E-state index contributed by atoms with van der Waals surface area (Å²) < 4.78 is 40.7. The van der Waals surface area contributed by atoms with Crippen molar-refractivity contribution in [2.45, 2.75) is 44.7 Å². The Morgan fingerprint density at radius 1 is 0.809 bits per heavy atom. The van der Waals surface area contributed by atoms with Crippen molar-refractivity contribution < 1.29 is 27.5 Å². The van der Waals surface area contributed by atoms with E-state index < -0.39 is 28.5 Å². The fraction of sp³-hybridized carbons (Fsp3) is 0.297. The molecule has 2 amide bonds. The third kappa shape index (κ3) is 9.13. The van der Waals surface area contributed by atoms with Gasteiger partial charge in [0.25, 0.3) is 10.0 Å². The highest BCUT2D eigenvalue weighted by Gasteiger charge is 2.35. The van der Waals surface area contributed by atoms with Crippen LogP contribution in [-0.4, -0.2) is 58.5 Å². The van der Waals surface area contributed by atoms with E-state index in [-0.39, 0.29) is 41.1 Å². The van der Waals surface area contributed by atoms with E-state index in [2.05, 4.69) is 5.32 Å². The van der Waals surface area contributed by atoms with Crippen molar-refractivity contribution in [1.82, 2.24) is 10.2 Å². The first kappa shape index (κ1) is 35.0. The molecule has 0 aromatic heterocycles. The molecule has 4 rings (SSSR count). The number of anilines is 1. The number of ether oxygens (including phenoxy) is 2. The van der Waals surface area contributed by atoms with Gasteiger partial charge in [0.15, 0.2) is 0 Å². The average Bonchev–Trinajstić information content (AvgIpc) is 3.08. The molecule has 0 radical (unpaired) electrons. The smallest absolute Gasteiger partial charge is 0.264 e. The lowest BCUT2D eigenvalue weighted by Crippen LogP contribution is -2.53. The van der Waals surface area contributed by atoms with Crippen molar-refractivity contribution in [3.63, 3.8) is 0 Å². The van der Waals surface area contributed by atoms with Crippen LogP contribution < -0.4 is 19.1 Å². The van der Waals surface area contributed by atoms with Crippen LogP contribution in [0.5, 0.6) is 11.5 Å². The summed E-state index contributed by atoms with van der Waals surface area (Å²) in [5.41, 5.74) is 2.79. The summed E-state index contributed by atoms with van der Waals surface area (Å²) in [5, 5.41) is 3.01. The molecule has 47 heavy (non-hydrogen) atoms. The summed E-state index contributed by atoms with van der Waals surface area (Å²) in [6.07, 6.45) is 0.232. The van der Waals surface area contributed by atoms with Gasteiger partial charge < -0.3 is 19.7 Å². The van der Waals surface area contributed by atoms with Crippen LogP contribution in [0.25, 0.3) is 0 Å². The second-order valence-corrected chi connectivity index (χ2v) is 13.6. The van der Waals surface area contributed by atoms with Gasteiger partial charge >= 0.3 is 0 Å². The molecule has 0 spiro atoms.